The predicted molar refractivity (Wildman–Crippen MR) is 91.0 cm³/mol. The van der Waals surface area contributed by atoms with Crippen LogP contribution in [0, 0.1) is 5.82 Å². The molecule has 1 aromatic rings. The van der Waals surface area contributed by atoms with Crippen LogP contribution in [0.5, 0.6) is 0 Å². The second kappa shape index (κ2) is 6.09. The van der Waals surface area contributed by atoms with E-state index in [4.69, 9.17) is 4.74 Å². The fourth-order valence-corrected chi connectivity index (χ4v) is 4.49. The molecule has 0 bridgehead atoms. The monoisotopic (exact) mass is 415 g/mol. The van der Waals surface area contributed by atoms with Gasteiger partial charge in [0, 0.05) is 11.6 Å². The maximum absolute atomic E-state index is 13.0. The van der Waals surface area contributed by atoms with Gasteiger partial charge >= 0.3 is 0 Å². The van der Waals surface area contributed by atoms with Crippen molar-refractivity contribution in [3.8, 4) is 0 Å². The third-order valence-electron chi connectivity index (χ3n) is 3.94. The number of benzene rings is 1. The lowest BCUT2D eigenvalue weighted by atomic mass is 9.91. The Morgan fingerprint density at radius 2 is 2.00 bits per heavy atom. The summed E-state index contributed by atoms with van der Waals surface area (Å²) in [4.78, 5) is 12.7. The third kappa shape index (κ3) is 2.94. The number of carbonyl (C=O) groups is 1. The van der Waals surface area contributed by atoms with E-state index in [0.29, 0.717) is 14.5 Å². The van der Waals surface area contributed by atoms with Gasteiger partial charge in [-0.1, -0.05) is 0 Å². The average molecular weight is 416 g/mol. The number of carbonyl (C=O) groups excluding carboxylic acids is 1. The van der Waals surface area contributed by atoms with Crippen molar-refractivity contribution in [2.45, 2.75) is 31.6 Å². The molecule has 5 nitrogen and oxygen atoms in total. The minimum absolute atomic E-state index is 0.242. The molecular formula is C16H15BrFNO4S. The Morgan fingerprint density at radius 1 is 1.38 bits per heavy atom. The van der Waals surface area contributed by atoms with E-state index in [1.165, 1.54) is 24.3 Å². The first kappa shape index (κ1) is 17.3. The molecule has 3 unspecified atom stereocenters. The number of hydrogen-bond acceptors (Lipinski definition) is 4. The lowest BCUT2D eigenvalue weighted by molar-refractivity contribution is -0.0874. The number of allylic oxidation sites excluding steroid dienone is 1. The van der Waals surface area contributed by atoms with Crippen LogP contribution in [-0.4, -0.2) is 33.0 Å². The number of ether oxygens (including phenoxy) is 1. The minimum Gasteiger partial charge on any atom is -0.484 e. The molecule has 8 heteroatoms. The molecule has 2 aliphatic rings. The summed E-state index contributed by atoms with van der Waals surface area (Å²) in [5, 5.41) is 13.3. The van der Waals surface area contributed by atoms with Gasteiger partial charge in [-0.05, 0) is 54.0 Å². The Kier molecular flexibility index (Phi) is 4.39. The van der Waals surface area contributed by atoms with Gasteiger partial charge in [-0.15, -0.1) is 0 Å². The number of aliphatic hydroxyl groups is 1. The highest BCUT2D eigenvalue weighted by Gasteiger charge is 2.48. The van der Waals surface area contributed by atoms with Crippen LogP contribution in [0.3, 0.4) is 0 Å². The Bertz CT molecular complexity index is 788. The summed E-state index contributed by atoms with van der Waals surface area (Å²) < 4.78 is 31.5. The Balaban J connectivity index is 1.93. The summed E-state index contributed by atoms with van der Waals surface area (Å²) in [6.07, 6.45) is 0.479. The number of halogens is 2. The molecule has 1 amide bonds. The topological polar surface area (TPSA) is 75.6 Å². The van der Waals surface area contributed by atoms with E-state index in [9.17, 15) is 18.5 Å². The van der Waals surface area contributed by atoms with Crippen LogP contribution in [-0.2, 0) is 15.5 Å². The van der Waals surface area contributed by atoms with Crippen molar-refractivity contribution < 1.29 is 23.2 Å². The van der Waals surface area contributed by atoms with Gasteiger partial charge in [0.05, 0.1) is 25.6 Å². The zero-order chi connectivity index (χ0) is 17.6. The van der Waals surface area contributed by atoms with Crippen LogP contribution in [0.1, 0.15) is 24.2 Å². The smallest absolute Gasteiger partial charge is 0.251 e. The summed E-state index contributed by atoms with van der Waals surface area (Å²) in [5.74, 6) is -0.572. The summed E-state index contributed by atoms with van der Waals surface area (Å²) in [5.41, 5.74) is -0.733. The van der Waals surface area contributed by atoms with Gasteiger partial charge in [-0.3, -0.25) is 4.79 Å². The molecule has 2 heterocycles. The highest BCUT2D eigenvalue weighted by Crippen LogP contribution is 2.41. The molecule has 0 aliphatic carbocycles. The molecule has 1 aromatic carbocycles. The van der Waals surface area contributed by atoms with Crippen molar-refractivity contribution in [3.05, 3.63) is 56.2 Å². The standard InChI is InChI=1S/C16H15BrFNO4S/c1-16(2)14(20)12(13-10(23-16)7-11(17)24(13)22)19-15(21)8-3-5-9(18)6-4-8/h3-7,12,14,20H,1-2H3,(H,19,21). The molecular weight excluding hydrogens is 401 g/mol. The summed E-state index contributed by atoms with van der Waals surface area (Å²) >= 11 is 3.20. The summed E-state index contributed by atoms with van der Waals surface area (Å²) in [7, 11) is -1.55. The lowest BCUT2D eigenvalue weighted by Gasteiger charge is -2.41. The van der Waals surface area contributed by atoms with E-state index >= 15 is 0 Å². The zero-order valence-electron chi connectivity index (χ0n) is 12.9. The molecule has 0 aromatic heterocycles. The van der Waals surface area contributed by atoms with Crippen molar-refractivity contribution in [1.29, 1.82) is 0 Å². The molecule has 0 radical (unpaired) electrons. The first-order valence-corrected chi connectivity index (χ1v) is 9.11. The first-order valence-electron chi connectivity index (χ1n) is 7.17. The molecule has 128 valence electrons. The molecule has 0 fully saturated rings. The van der Waals surface area contributed by atoms with Crippen LogP contribution < -0.4 is 5.32 Å². The second-order valence-corrected chi connectivity index (χ2v) is 8.85. The number of nitrogens with one attached hydrogen (secondary N) is 1. The van der Waals surface area contributed by atoms with Gasteiger partial charge in [-0.2, -0.15) is 0 Å². The van der Waals surface area contributed by atoms with Crippen molar-refractivity contribution in [1.82, 2.24) is 5.32 Å². The zero-order valence-corrected chi connectivity index (χ0v) is 15.3. The van der Waals surface area contributed by atoms with E-state index in [1.807, 2.05) is 0 Å². The van der Waals surface area contributed by atoms with Crippen LogP contribution in [0.25, 0.3) is 0 Å². The first-order chi connectivity index (χ1) is 11.2. The molecule has 0 spiro atoms. The van der Waals surface area contributed by atoms with E-state index in [-0.39, 0.29) is 5.56 Å². The predicted octanol–water partition coefficient (Wildman–Crippen LogP) is 2.30. The maximum Gasteiger partial charge on any atom is 0.251 e. The molecule has 3 atom stereocenters. The van der Waals surface area contributed by atoms with Crippen LogP contribution in [0.15, 0.2) is 44.8 Å². The normalized spacial score (nSPS) is 28.0. The largest absolute Gasteiger partial charge is 0.484 e. The van der Waals surface area contributed by atoms with Crippen molar-refractivity contribution in [2.24, 2.45) is 0 Å². The molecule has 2 N–H and O–H groups in total. The van der Waals surface area contributed by atoms with E-state index in [1.54, 1.807) is 19.9 Å². The van der Waals surface area contributed by atoms with Crippen molar-refractivity contribution in [2.75, 3.05) is 0 Å². The number of hydrogen-bond donors (Lipinski definition) is 2. The highest BCUT2D eigenvalue weighted by atomic mass is 79.9. The Morgan fingerprint density at radius 3 is 2.62 bits per heavy atom. The fraction of sp³-hybridized carbons (Fsp3) is 0.312. The number of aliphatic hydroxyl groups excluding tert-OH is 1. The van der Waals surface area contributed by atoms with Gasteiger partial charge in [0.25, 0.3) is 5.91 Å². The second-order valence-electron chi connectivity index (χ2n) is 6.05. The number of rotatable bonds is 2. The minimum atomic E-state index is -1.55. The van der Waals surface area contributed by atoms with Crippen LogP contribution in [0.2, 0.25) is 0 Å². The molecule has 2 aliphatic heterocycles. The average Bonchev–Trinajstić information content (AvgIpc) is 2.78. The Labute approximate surface area is 149 Å². The van der Waals surface area contributed by atoms with Gasteiger partial charge in [0.2, 0.25) is 0 Å². The van der Waals surface area contributed by atoms with Crippen LogP contribution >= 0.6 is 15.9 Å². The van der Waals surface area contributed by atoms with Crippen molar-refractivity contribution >= 4 is 32.6 Å². The van der Waals surface area contributed by atoms with Gasteiger partial charge in [0.1, 0.15) is 23.3 Å². The van der Waals surface area contributed by atoms with E-state index in [2.05, 4.69) is 21.2 Å². The molecule has 3 rings (SSSR count). The van der Waals surface area contributed by atoms with Crippen molar-refractivity contribution in [3.63, 3.8) is 0 Å². The third-order valence-corrected chi connectivity index (χ3v) is 6.38. The number of amides is 1. The van der Waals surface area contributed by atoms with Crippen LogP contribution in [0.4, 0.5) is 4.39 Å². The van der Waals surface area contributed by atoms with Gasteiger partial charge in [0.15, 0.2) is 0 Å². The SMILES string of the molecule is CC1(C)OC2=C(C(NC(=O)c3ccc(F)cc3)C1O)S(=O)C(Br)=C2. The van der Waals surface area contributed by atoms with E-state index in [0.717, 1.165) is 0 Å². The molecule has 0 saturated heterocycles. The fourth-order valence-electron chi connectivity index (χ4n) is 2.63. The summed E-state index contributed by atoms with van der Waals surface area (Å²) in [6, 6.07) is 4.16. The maximum atomic E-state index is 13.0. The quantitative estimate of drug-likeness (QED) is 0.776. The van der Waals surface area contributed by atoms with Gasteiger partial charge < -0.3 is 15.2 Å². The van der Waals surface area contributed by atoms with Gasteiger partial charge in [-0.25, -0.2) is 8.60 Å². The summed E-state index contributed by atoms with van der Waals surface area (Å²) in [6.45, 7) is 3.36. The van der Waals surface area contributed by atoms with E-state index < -0.39 is 40.3 Å². The highest BCUT2D eigenvalue weighted by molar-refractivity contribution is 9.13. The Hall–Kier alpha value is -1.51. The molecule has 0 saturated carbocycles. The molecule has 24 heavy (non-hydrogen) atoms. The lowest BCUT2D eigenvalue weighted by Crippen LogP contribution is -2.57.